The molecule has 348 valence electrons. The average Bonchev–Trinajstić information content (AvgIpc) is 3.21. The Balaban J connectivity index is 4.15. The Morgan fingerprint density at radius 3 is 1.41 bits per heavy atom. The van der Waals surface area contributed by atoms with Crippen LogP contribution >= 0.6 is 7.82 Å². The molecule has 0 aliphatic rings. The van der Waals surface area contributed by atoms with Crippen LogP contribution in [-0.4, -0.2) is 60.5 Å². The lowest BCUT2D eigenvalue weighted by Gasteiger charge is -2.20. The number of phosphoric acid groups is 1. The summed E-state index contributed by atoms with van der Waals surface area (Å²) in [5.74, 6) is -1.77. The Morgan fingerprint density at radius 1 is 0.542 bits per heavy atom. The monoisotopic (exact) mass is 858 g/mol. The van der Waals surface area contributed by atoms with Crippen LogP contribution in [0.1, 0.15) is 232 Å². The zero-order valence-electron chi connectivity index (χ0n) is 38.1. The standard InChI is InChI=1S/C48H92NO9P/c1-3-5-7-9-11-13-15-17-19-21-23-24-26-28-30-32-34-36-38-40-47(50)58-45(43-56-59(53,54)57-44-46(49)48(51)52)42-55-41-39-37-35-33-31-29-27-25-22-20-18-16-14-12-10-8-6-4-2/h11,13,17,19,45-46H,3-10,12,14-16,18,20-44,49H2,1-2H3,(H,51,52)(H,53,54)/b13-11-,19-17-. The molecule has 0 aromatic rings. The van der Waals surface area contributed by atoms with E-state index < -0.39 is 45.1 Å². The number of esters is 1. The second kappa shape index (κ2) is 44.5. The van der Waals surface area contributed by atoms with E-state index in [0.717, 1.165) is 51.4 Å². The van der Waals surface area contributed by atoms with E-state index in [4.69, 9.17) is 29.4 Å². The average molecular weight is 858 g/mol. The van der Waals surface area contributed by atoms with E-state index in [1.54, 1.807) is 0 Å². The minimum absolute atomic E-state index is 0.0200. The van der Waals surface area contributed by atoms with Gasteiger partial charge in [-0.1, -0.05) is 205 Å². The first-order valence-corrected chi connectivity index (χ1v) is 25.9. The Morgan fingerprint density at radius 2 is 0.932 bits per heavy atom. The van der Waals surface area contributed by atoms with Gasteiger partial charge in [0.15, 0.2) is 0 Å². The summed E-state index contributed by atoms with van der Waals surface area (Å²) in [6.07, 6.45) is 49.4. The molecule has 0 radical (unpaired) electrons. The molecule has 4 N–H and O–H groups in total. The molecule has 0 saturated carbocycles. The fraction of sp³-hybridized carbons (Fsp3) is 0.875. The van der Waals surface area contributed by atoms with Crippen LogP contribution in [0, 0.1) is 0 Å². The zero-order valence-corrected chi connectivity index (χ0v) is 39.0. The van der Waals surface area contributed by atoms with Crippen molar-refractivity contribution in [1.29, 1.82) is 0 Å². The van der Waals surface area contributed by atoms with Gasteiger partial charge in [0.2, 0.25) is 0 Å². The molecule has 0 aromatic heterocycles. The van der Waals surface area contributed by atoms with Crippen LogP contribution in [0.2, 0.25) is 0 Å². The lowest BCUT2D eigenvalue weighted by atomic mass is 10.0. The molecule has 0 bridgehead atoms. The molecule has 0 aliphatic carbocycles. The zero-order chi connectivity index (χ0) is 43.3. The van der Waals surface area contributed by atoms with E-state index in [1.165, 1.54) is 154 Å². The van der Waals surface area contributed by atoms with Crippen LogP contribution in [0.3, 0.4) is 0 Å². The third kappa shape index (κ3) is 44.3. The predicted octanol–water partition coefficient (Wildman–Crippen LogP) is 13.9. The Kier molecular flexibility index (Phi) is 43.3. The molecule has 3 atom stereocenters. The van der Waals surface area contributed by atoms with Crippen molar-refractivity contribution in [3.63, 3.8) is 0 Å². The van der Waals surface area contributed by atoms with Crippen LogP contribution in [0.4, 0.5) is 0 Å². The highest BCUT2D eigenvalue weighted by molar-refractivity contribution is 7.47. The molecule has 0 saturated heterocycles. The second-order valence-electron chi connectivity index (χ2n) is 16.6. The van der Waals surface area contributed by atoms with Crippen LogP contribution in [0.25, 0.3) is 0 Å². The van der Waals surface area contributed by atoms with Gasteiger partial charge in [-0.3, -0.25) is 18.6 Å². The molecule has 10 nitrogen and oxygen atoms in total. The number of carboxylic acids is 1. The van der Waals surface area contributed by atoms with E-state index in [2.05, 4.69) is 38.2 Å². The van der Waals surface area contributed by atoms with Gasteiger partial charge in [-0.2, -0.15) is 0 Å². The quantitative estimate of drug-likeness (QED) is 0.0233. The summed E-state index contributed by atoms with van der Waals surface area (Å²) in [6.45, 7) is 3.90. The van der Waals surface area contributed by atoms with Gasteiger partial charge in [-0.15, -0.1) is 0 Å². The third-order valence-corrected chi connectivity index (χ3v) is 11.7. The number of ether oxygens (including phenoxy) is 2. The summed E-state index contributed by atoms with van der Waals surface area (Å²) in [6, 6.07) is -1.47. The summed E-state index contributed by atoms with van der Waals surface area (Å²) >= 11 is 0. The predicted molar refractivity (Wildman–Crippen MR) is 245 cm³/mol. The first-order valence-electron chi connectivity index (χ1n) is 24.4. The van der Waals surface area contributed by atoms with Crippen molar-refractivity contribution >= 4 is 19.8 Å². The third-order valence-electron chi connectivity index (χ3n) is 10.7. The van der Waals surface area contributed by atoms with Gasteiger partial charge < -0.3 is 25.2 Å². The molecular formula is C48H92NO9P. The maximum atomic E-state index is 12.7. The van der Waals surface area contributed by atoms with Gasteiger partial charge in [0, 0.05) is 13.0 Å². The van der Waals surface area contributed by atoms with Crippen LogP contribution in [0.5, 0.6) is 0 Å². The largest absolute Gasteiger partial charge is 0.480 e. The molecule has 0 fully saturated rings. The maximum Gasteiger partial charge on any atom is 0.472 e. The number of hydrogen-bond acceptors (Lipinski definition) is 8. The maximum absolute atomic E-state index is 12.7. The first-order chi connectivity index (χ1) is 28.7. The molecular weight excluding hydrogens is 766 g/mol. The summed E-state index contributed by atoms with van der Waals surface area (Å²) in [5.41, 5.74) is 5.37. The minimum atomic E-state index is -4.62. The van der Waals surface area contributed by atoms with Gasteiger partial charge >= 0.3 is 19.8 Å². The lowest BCUT2D eigenvalue weighted by molar-refractivity contribution is -0.154. The topological polar surface area (TPSA) is 155 Å². The summed E-state index contributed by atoms with van der Waals surface area (Å²) in [5, 5.41) is 8.92. The highest BCUT2D eigenvalue weighted by atomic mass is 31.2. The summed E-state index contributed by atoms with van der Waals surface area (Å²) < 4.78 is 33.5. The fourth-order valence-corrected chi connectivity index (χ4v) is 7.71. The number of carbonyl (C=O) groups is 2. The van der Waals surface area contributed by atoms with Crippen molar-refractivity contribution in [3.8, 4) is 0 Å². The molecule has 59 heavy (non-hydrogen) atoms. The van der Waals surface area contributed by atoms with Crippen molar-refractivity contribution in [2.24, 2.45) is 5.73 Å². The molecule has 0 spiro atoms. The number of aliphatic carboxylic acids is 1. The van der Waals surface area contributed by atoms with Crippen molar-refractivity contribution in [3.05, 3.63) is 24.3 Å². The molecule has 11 heteroatoms. The van der Waals surface area contributed by atoms with Gasteiger partial charge in [0.25, 0.3) is 0 Å². The normalized spacial score (nSPS) is 14.0. The number of carbonyl (C=O) groups excluding carboxylic acids is 1. The highest BCUT2D eigenvalue weighted by Gasteiger charge is 2.27. The number of hydrogen-bond donors (Lipinski definition) is 3. The van der Waals surface area contributed by atoms with Crippen LogP contribution in [0.15, 0.2) is 24.3 Å². The molecule has 0 aromatic carbocycles. The molecule has 0 rings (SSSR count). The molecule has 0 amide bonds. The minimum Gasteiger partial charge on any atom is -0.480 e. The van der Waals surface area contributed by atoms with Gasteiger partial charge in [0.05, 0.1) is 19.8 Å². The van der Waals surface area contributed by atoms with Crippen molar-refractivity contribution < 1.29 is 42.7 Å². The van der Waals surface area contributed by atoms with E-state index in [0.29, 0.717) is 13.0 Å². The van der Waals surface area contributed by atoms with E-state index in [9.17, 15) is 19.0 Å². The molecule has 0 aliphatic heterocycles. The molecule has 3 unspecified atom stereocenters. The number of nitrogens with two attached hydrogens (primary N) is 1. The first kappa shape index (κ1) is 57.4. The number of allylic oxidation sites excluding steroid dienone is 4. The van der Waals surface area contributed by atoms with Crippen molar-refractivity contribution in [2.75, 3.05) is 26.4 Å². The number of carboxylic acid groups (broad SMARTS) is 1. The Bertz CT molecular complexity index is 1040. The number of unbranched alkanes of at least 4 members (excludes halogenated alkanes) is 29. The Labute approximate surface area is 362 Å². The molecule has 0 heterocycles. The lowest BCUT2D eigenvalue weighted by Crippen LogP contribution is -2.34. The highest BCUT2D eigenvalue weighted by Crippen LogP contribution is 2.43. The van der Waals surface area contributed by atoms with Gasteiger partial charge in [0.1, 0.15) is 12.1 Å². The summed E-state index contributed by atoms with van der Waals surface area (Å²) in [7, 11) is -4.62. The van der Waals surface area contributed by atoms with Gasteiger partial charge in [-0.05, 0) is 44.9 Å². The SMILES string of the molecule is CCCCC/C=C\C/C=C\CCCCCCCCCCCC(=O)OC(COCCCCCCCCCCCCCCCCCCCC)COP(=O)(O)OCC(N)C(=O)O. The van der Waals surface area contributed by atoms with E-state index in [-0.39, 0.29) is 13.0 Å². The Hall–Kier alpha value is -1.55. The van der Waals surface area contributed by atoms with Crippen LogP contribution in [-0.2, 0) is 32.7 Å². The smallest absolute Gasteiger partial charge is 0.472 e. The van der Waals surface area contributed by atoms with Crippen molar-refractivity contribution in [2.45, 2.75) is 244 Å². The van der Waals surface area contributed by atoms with Crippen molar-refractivity contribution in [1.82, 2.24) is 0 Å². The fourth-order valence-electron chi connectivity index (χ4n) is 6.93. The number of phosphoric ester groups is 1. The number of rotatable bonds is 47. The van der Waals surface area contributed by atoms with E-state index >= 15 is 0 Å². The van der Waals surface area contributed by atoms with Gasteiger partial charge in [-0.25, -0.2) is 4.57 Å². The van der Waals surface area contributed by atoms with Crippen LogP contribution < -0.4 is 5.73 Å². The summed E-state index contributed by atoms with van der Waals surface area (Å²) in [4.78, 5) is 33.6. The second-order valence-corrected chi connectivity index (χ2v) is 18.1. The van der Waals surface area contributed by atoms with E-state index in [1.807, 2.05) is 0 Å².